The number of nitrogens with two attached hydrogens (primary N) is 2. The van der Waals surface area contributed by atoms with E-state index in [1.54, 1.807) is 60.7 Å². The van der Waals surface area contributed by atoms with Gasteiger partial charge in [-0.05, 0) is 79.6 Å². The molecule has 8 nitrogen and oxygen atoms in total. The summed E-state index contributed by atoms with van der Waals surface area (Å²) in [6.45, 7) is 6.54. The number of oxime groups is 1. The first kappa shape index (κ1) is 30.9. The first-order chi connectivity index (χ1) is 19.6. The standard InChI is InChI=1S/C30H35Cl2N5O3S/c1-20(37-14-11-21(10-13-33)12-15-37)29(17-22-4-2-6-24(16-22)30(34)35-38)36-41(39,40)26-7-3-5-23(18-26)27-9-8-25(31)19-28(27)32/h2-9,16,18-19,21,29,36,38H,1,10-15,17,33H2,(H2,34,35)/t29-/m0/s1. The third kappa shape index (κ3) is 7.81. The Morgan fingerprint density at radius 1 is 1.10 bits per heavy atom. The minimum absolute atomic E-state index is 0.0255. The minimum atomic E-state index is -3.98. The smallest absolute Gasteiger partial charge is 0.241 e. The molecular formula is C30H35Cl2N5O3S. The molecule has 1 fully saturated rings. The Morgan fingerprint density at radius 2 is 1.83 bits per heavy atom. The van der Waals surface area contributed by atoms with Crippen LogP contribution in [0.3, 0.4) is 0 Å². The van der Waals surface area contributed by atoms with Crippen molar-refractivity contribution in [3.05, 3.63) is 100 Å². The normalized spacial score (nSPS) is 15.6. The van der Waals surface area contributed by atoms with Crippen molar-refractivity contribution in [2.45, 2.75) is 36.6 Å². The molecule has 1 aliphatic rings. The largest absolute Gasteiger partial charge is 0.409 e. The summed E-state index contributed by atoms with van der Waals surface area (Å²) in [7, 11) is -3.98. The fourth-order valence-corrected chi connectivity index (χ4v) is 6.94. The van der Waals surface area contributed by atoms with Gasteiger partial charge in [0.1, 0.15) is 0 Å². The first-order valence-electron chi connectivity index (χ1n) is 13.4. The summed E-state index contributed by atoms with van der Waals surface area (Å²) in [5.74, 6) is 0.529. The molecule has 3 aromatic carbocycles. The predicted octanol–water partition coefficient (Wildman–Crippen LogP) is 5.22. The van der Waals surface area contributed by atoms with E-state index in [2.05, 4.69) is 21.4 Å². The van der Waals surface area contributed by atoms with E-state index in [1.165, 1.54) is 0 Å². The molecule has 4 rings (SSSR count). The van der Waals surface area contributed by atoms with Crippen LogP contribution in [0.4, 0.5) is 0 Å². The number of benzene rings is 3. The number of halogens is 2. The van der Waals surface area contributed by atoms with E-state index in [1.807, 2.05) is 6.07 Å². The van der Waals surface area contributed by atoms with Crippen LogP contribution in [0.1, 0.15) is 30.4 Å². The van der Waals surface area contributed by atoms with E-state index >= 15 is 0 Å². The molecule has 0 spiro atoms. The maximum Gasteiger partial charge on any atom is 0.241 e. The summed E-state index contributed by atoms with van der Waals surface area (Å²) in [5, 5.41) is 13.1. The number of piperidine rings is 1. The molecule has 1 atom stereocenters. The fourth-order valence-electron chi connectivity index (χ4n) is 5.15. The van der Waals surface area contributed by atoms with E-state index in [9.17, 15) is 8.42 Å². The van der Waals surface area contributed by atoms with Crippen molar-refractivity contribution < 1.29 is 13.6 Å². The van der Waals surface area contributed by atoms with E-state index in [4.69, 9.17) is 39.9 Å². The van der Waals surface area contributed by atoms with Crippen LogP contribution in [0.25, 0.3) is 11.1 Å². The molecule has 0 unspecified atom stereocenters. The number of sulfonamides is 1. The maximum atomic E-state index is 13.8. The second kappa shape index (κ2) is 13.7. The van der Waals surface area contributed by atoms with Crippen LogP contribution in [0.15, 0.2) is 89.1 Å². The van der Waals surface area contributed by atoms with Gasteiger partial charge in [-0.1, -0.05) is 71.3 Å². The summed E-state index contributed by atoms with van der Waals surface area (Å²) in [6, 6.07) is 18.2. The lowest BCUT2D eigenvalue weighted by atomic mass is 9.92. The Morgan fingerprint density at radius 3 is 2.51 bits per heavy atom. The SMILES string of the molecule is C=C([C@H](Cc1cccc(C(N)=NO)c1)NS(=O)(=O)c1cccc(-c2ccc(Cl)cc2Cl)c1)N1CCC(CCN)CC1. The fraction of sp³-hybridized carbons (Fsp3) is 0.300. The molecule has 6 N–H and O–H groups in total. The molecule has 0 bridgehead atoms. The molecule has 0 radical (unpaired) electrons. The second-order valence-electron chi connectivity index (χ2n) is 10.2. The van der Waals surface area contributed by atoms with E-state index in [-0.39, 0.29) is 10.7 Å². The third-order valence-electron chi connectivity index (χ3n) is 7.45. The van der Waals surface area contributed by atoms with Gasteiger partial charge in [-0.3, -0.25) is 0 Å². The Balaban J connectivity index is 1.63. The van der Waals surface area contributed by atoms with E-state index < -0.39 is 16.1 Å². The zero-order chi connectivity index (χ0) is 29.6. The molecular weight excluding hydrogens is 581 g/mol. The van der Waals surface area contributed by atoms with Gasteiger partial charge in [0.05, 0.1) is 10.9 Å². The maximum absolute atomic E-state index is 13.8. The predicted molar refractivity (Wildman–Crippen MR) is 166 cm³/mol. The van der Waals surface area contributed by atoms with Crippen LogP contribution in [0.5, 0.6) is 0 Å². The highest BCUT2D eigenvalue weighted by molar-refractivity contribution is 7.89. The lowest BCUT2D eigenvalue weighted by Crippen LogP contribution is -2.45. The van der Waals surface area contributed by atoms with Crippen molar-refractivity contribution in [1.82, 2.24) is 9.62 Å². The molecule has 1 aliphatic heterocycles. The quantitative estimate of drug-likeness (QED) is 0.101. The van der Waals surface area contributed by atoms with E-state index in [0.717, 1.165) is 37.9 Å². The highest BCUT2D eigenvalue weighted by atomic mass is 35.5. The summed E-state index contributed by atoms with van der Waals surface area (Å²) in [6.07, 6.45) is 3.23. The van der Waals surface area contributed by atoms with Crippen molar-refractivity contribution in [3.63, 3.8) is 0 Å². The number of nitrogens with one attached hydrogen (secondary N) is 1. The lowest BCUT2D eigenvalue weighted by molar-refractivity contribution is 0.209. The molecule has 41 heavy (non-hydrogen) atoms. The van der Waals surface area contributed by atoms with E-state index in [0.29, 0.717) is 51.3 Å². The van der Waals surface area contributed by atoms with Gasteiger partial charge in [0.2, 0.25) is 10.0 Å². The van der Waals surface area contributed by atoms with Crippen molar-refractivity contribution in [2.24, 2.45) is 22.5 Å². The van der Waals surface area contributed by atoms with Gasteiger partial charge in [-0.15, -0.1) is 0 Å². The van der Waals surface area contributed by atoms with Gasteiger partial charge in [-0.2, -0.15) is 0 Å². The highest BCUT2D eigenvalue weighted by Gasteiger charge is 2.28. The monoisotopic (exact) mass is 615 g/mol. The first-order valence-corrected chi connectivity index (χ1v) is 15.6. The number of hydrogen-bond acceptors (Lipinski definition) is 6. The van der Waals surface area contributed by atoms with Crippen molar-refractivity contribution in [1.29, 1.82) is 0 Å². The van der Waals surface area contributed by atoms with Crippen LogP contribution in [-0.2, 0) is 16.4 Å². The van der Waals surface area contributed by atoms with Gasteiger partial charge in [0, 0.05) is 40.0 Å². The van der Waals surface area contributed by atoms with Crippen LogP contribution < -0.4 is 16.2 Å². The minimum Gasteiger partial charge on any atom is -0.409 e. The molecule has 218 valence electrons. The highest BCUT2D eigenvalue weighted by Crippen LogP contribution is 2.32. The van der Waals surface area contributed by atoms with Gasteiger partial charge in [0.15, 0.2) is 5.84 Å². The van der Waals surface area contributed by atoms with Crippen LogP contribution in [0, 0.1) is 5.92 Å². The number of nitrogens with zero attached hydrogens (tertiary/aromatic N) is 2. The Labute approximate surface area is 251 Å². The molecule has 11 heteroatoms. The van der Waals surface area contributed by atoms with Crippen molar-refractivity contribution >= 4 is 39.1 Å². The average molecular weight is 617 g/mol. The Bertz CT molecular complexity index is 1520. The lowest BCUT2D eigenvalue weighted by Gasteiger charge is -2.37. The van der Waals surface area contributed by atoms with Crippen LogP contribution in [0.2, 0.25) is 10.0 Å². The number of rotatable bonds is 11. The summed E-state index contributed by atoms with van der Waals surface area (Å²) in [5.41, 5.74) is 14.9. The molecule has 0 amide bonds. The zero-order valence-electron chi connectivity index (χ0n) is 22.6. The van der Waals surface area contributed by atoms with Gasteiger partial charge in [-0.25, -0.2) is 13.1 Å². The van der Waals surface area contributed by atoms with Crippen LogP contribution in [-0.4, -0.2) is 50.0 Å². The molecule has 0 aliphatic carbocycles. The van der Waals surface area contributed by atoms with Crippen molar-refractivity contribution in [2.75, 3.05) is 19.6 Å². The zero-order valence-corrected chi connectivity index (χ0v) is 25.0. The van der Waals surface area contributed by atoms with Gasteiger partial charge in [0.25, 0.3) is 0 Å². The molecule has 0 saturated carbocycles. The molecule has 3 aromatic rings. The summed E-state index contributed by atoms with van der Waals surface area (Å²) in [4.78, 5) is 2.25. The molecule has 0 aromatic heterocycles. The van der Waals surface area contributed by atoms with Gasteiger partial charge >= 0.3 is 0 Å². The van der Waals surface area contributed by atoms with Crippen LogP contribution >= 0.6 is 23.2 Å². The average Bonchev–Trinajstić information content (AvgIpc) is 2.97. The Kier molecular flexibility index (Phi) is 10.3. The third-order valence-corrected chi connectivity index (χ3v) is 9.47. The number of amidine groups is 1. The number of likely N-dealkylation sites (tertiary alicyclic amines) is 1. The topological polar surface area (TPSA) is 134 Å². The van der Waals surface area contributed by atoms with Crippen molar-refractivity contribution in [3.8, 4) is 11.1 Å². The summed E-state index contributed by atoms with van der Waals surface area (Å²) >= 11 is 12.5. The Hall–Kier alpha value is -3.08. The second-order valence-corrected chi connectivity index (χ2v) is 12.8. The summed E-state index contributed by atoms with van der Waals surface area (Å²) < 4.78 is 30.5. The molecule has 1 saturated heterocycles. The molecule has 1 heterocycles. The number of hydrogen-bond donors (Lipinski definition) is 4. The van der Waals surface area contributed by atoms with Gasteiger partial charge < -0.3 is 21.6 Å².